The van der Waals surface area contributed by atoms with E-state index < -0.39 is 5.97 Å². The minimum atomic E-state index is -1.01. The molecule has 0 aromatic heterocycles. The van der Waals surface area contributed by atoms with Crippen molar-refractivity contribution in [3.8, 4) is 0 Å². The molecule has 0 radical (unpaired) electrons. The molecule has 0 amide bonds. The van der Waals surface area contributed by atoms with Crippen LogP contribution >= 0.6 is 0 Å². The highest BCUT2D eigenvalue weighted by Gasteiger charge is 2.09. The van der Waals surface area contributed by atoms with Crippen LogP contribution in [0.4, 0.5) is 11.4 Å². The molecule has 0 unspecified atom stereocenters. The second-order valence-electron chi connectivity index (χ2n) is 3.70. The topological polar surface area (TPSA) is 75.8 Å². The number of nitrogens with two attached hydrogens (primary N) is 1. The molecule has 0 fully saturated rings. The lowest BCUT2D eigenvalue weighted by Crippen LogP contribution is -2.22. The van der Waals surface area contributed by atoms with E-state index in [1.165, 1.54) is 6.07 Å². The average Bonchev–Trinajstić information content (AvgIpc) is 2.28. The van der Waals surface area contributed by atoms with Crippen molar-refractivity contribution in [2.45, 2.75) is 6.92 Å². The predicted molar refractivity (Wildman–Crippen MR) is 67.6 cm³/mol. The molecule has 5 nitrogen and oxygen atoms in total. The second-order valence-corrected chi connectivity index (χ2v) is 3.70. The number of carbonyl (C=O) groups is 1. The van der Waals surface area contributed by atoms with E-state index in [-0.39, 0.29) is 11.3 Å². The van der Waals surface area contributed by atoms with E-state index in [4.69, 9.17) is 15.6 Å². The first-order valence-corrected chi connectivity index (χ1v) is 5.48. The molecule has 3 N–H and O–H groups in total. The summed E-state index contributed by atoms with van der Waals surface area (Å²) in [6, 6.07) is 4.92. The fraction of sp³-hybridized carbons (Fsp3) is 0.417. The Morgan fingerprint density at radius 1 is 1.53 bits per heavy atom. The van der Waals surface area contributed by atoms with E-state index in [1.54, 1.807) is 12.1 Å². The largest absolute Gasteiger partial charge is 0.478 e. The maximum absolute atomic E-state index is 10.8. The highest BCUT2D eigenvalue weighted by molar-refractivity contribution is 5.94. The predicted octanol–water partition coefficient (Wildman–Crippen LogP) is 1.44. The molecule has 0 atom stereocenters. The van der Waals surface area contributed by atoms with Crippen molar-refractivity contribution < 1.29 is 14.6 Å². The van der Waals surface area contributed by atoms with Crippen LogP contribution in [0.3, 0.4) is 0 Å². The quantitative estimate of drug-likeness (QED) is 0.579. The number of nitrogens with zero attached hydrogens (tertiary/aromatic N) is 1. The molecule has 94 valence electrons. The van der Waals surface area contributed by atoms with Crippen LogP contribution in [0.25, 0.3) is 0 Å². The maximum Gasteiger partial charge on any atom is 0.337 e. The summed E-state index contributed by atoms with van der Waals surface area (Å²) in [5.41, 5.74) is 6.97. The Kier molecular flexibility index (Phi) is 4.78. The number of hydrogen-bond acceptors (Lipinski definition) is 4. The van der Waals surface area contributed by atoms with Gasteiger partial charge in [0.05, 0.1) is 12.2 Å². The third kappa shape index (κ3) is 3.64. The normalized spacial score (nSPS) is 10.2. The Morgan fingerprint density at radius 2 is 2.24 bits per heavy atom. The monoisotopic (exact) mass is 238 g/mol. The first-order valence-electron chi connectivity index (χ1n) is 5.48. The van der Waals surface area contributed by atoms with Crippen molar-refractivity contribution in [1.82, 2.24) is 0 Å². The van der Waals surface area contributed by atoms with Gasteiger partial charge < -0.3 is 20.5 Å². The van der Waals surface area contributed by atoms with Crippen molar-refractivity contribution in [3.63, 3.8) is 0 Å². The van der Waals surface area contributed by atoms with Gasteiger partial charge in [-0.2, -0.15) is 0 Å². The number of benzene rings is 1. The summed E-state index contributed by atoms with van der Waals surface area (Å²) in [7, 11) is 1.91. The lowest BCUT2D eigenvalue weighted by atomic mass is 10.1. The summed E-state index contributed by atoms with van der Waals surface area (Å²) in [5, 5.41) is 8.85. The molecule has 0 aliphatic carbocycles. The third-order valence-electron chi connectivity index (χ3n) is 2.48. The fourth-order valence-corrected chi connectivity index (χ4v) is 1.46. The molecule has 1 aromatic rings. The van der Waals surface area contributed by atoms with Crippen molar-refractivity contribution >= 4 is 17.3 Å². The van der Waals surface area contributed by atoms with Gasteiger partial charge in [0.15, 0.2) is 0 Å². The van der Waals surface area contributed by atoms with Gasteiger partial charge in [-0.3, -0.25) is 0 Å². The van der Waals surface area contributed by atoms with Crippen molar-refractivity contribution in [1.29, 1.82) is 0 Å². The zero-order valence-corrected chi connectivity index (χ0v) is 10.1. The average molecular weight is 238 g/mol. The number of aromatic carboxylic acids is 1. The standard InChI is InChI=1S/C12H18N2O3/c1-3-17-7-6-14(2)9-4-5-10(12(15)16)11(13)8-9/h4-5,8H,3,6-7,13H2,1-2H3,(H,15,16). The van der Waals surface area contributed by atoms with Crippen molar-refractivity contribution in [2.24, 2.45) is 0 Å². The first kappa shape index (κ1) is 13.3. The molecular formula is C12H18N2O3. The number of anilines is 2. The van der Waals surface area contributed by atoms with E-state index in [0.29, 0.717) is 13.2 Å². The molecule has 5 heteroatoms. The fourth-order valence-electron chi connectivity index (χ4n) is 1.46. The molecule has 0 bridgehead atoms. The van der Waals surface area contributed by atoms with Gasteiger partial charge in [0.1, 0.15) is 0 Å². The summed E-state index contributed by atoms with van der Waals surface area (Å²) in [5.74, 6) is -1.01. The molecule has 0 aliphatic rings. The molecule has 1 aromatic carbocycles. The van der Waals surface area contributed by atoms with Crippen LogP contribution in [-0.4, -0.2) is 37.9 Å². The highest BCUT2D eigenvalue weighted by Crippen LogP contribution is 2.20. The second kappa shape index (κ2) is 6.10. The summed E-state index contributed by atoms with van der Waals surface area (Å²) >= 11 is 0. The lowest BCUT2D eigenvalue weighted by molar-refractivity contribution is 0.0698. The Bertz CT molecular complexity index is 393. The van der Waals surface area contributed by atoms with Gasteiger partial charge in [-0.25, -0.2) is 4.79 Å². The van der Waals surface area contributed by atoms with Crippen molar-refractivity contribution in [2.75, 3.05) is 37.4 Å². The van der Waals surface area contributed by atoms with Crippen LogP contribution in [0.5, 0.6) is 0 Å². The van der Waals surface area contributed by atoms with E-state index in [9.17, 15) is 4.79 Å². The molecule has 0 saturated carbocycles. The Morgan fingerprint density at radius 3 is 2.76 bits per heavy atom. The number of carboxylic acids is 1. The minimum absolute atomic E-state index is 0.131. The van der Waals surface area contributed by atoms with E-state index >= 15 is 0 Å². The van der Waals surface area contributed by atoms with Crippen LogP contribution in [0.15, 0.2) is 18.2 Å². The number of ether oxygens (including phenoxy) is 1. The summed E-state index contributed by atoms with van der Waals surface area (Å²) in [6.45, 7) is 4.00. The van der Waals surface area contributed by atoms with E-state index in [0.717, 1.165) is 12.2 Å². The number of nitrogen functional groups attached to an aromatic ring is 1. The van der Waals surface area contributed by atoms with Crippen molar-refractivity contribution in [3.05, 3.63) is 23.8 Å². The number of hydrogen-bond donors (Lipinski definition) is 2. The molecule has 17 heavy (non-hydrogen) atoms. The zero-order valence-electron chi connectivity index (χ0n) is 10.1. The molecule has 0 saturated heterocycles. The Labute approximate surface area is 101 Å². The van der Waals surface area contributed by atoms with Gasteiger partial charge in [-0.1, -0.05) is 0 Å². The van der Waals surface area contributed by atoms with Gasteiger partial charge in [-0.05, 0) is 25.1 Å². The SMILES string of the molecule is CCOCCN(C)c1ccc(C(=O)O)c(N)c1. The zero-order chi connectivity index (χ0) is 12.8. The van der Waals surface area contributed by atoms with Crippen LogP contribution in [0, 0.1) is 0 Å². The summed E-state index contributed by atoms with van der Waals surface area (Å²) in [4.78, 5) is 12.8. The van der Waals surface area contributed by atoms with Gasteiger partial charge in [0.2, 0.25) is 0 Å². The van der Waals surface area contributed by atoms with Gasteiger partial charge >= 0.3 is 5.97 Å². The minimum Gasteiger partial charge on any atom is -0.478 e. The van der Waals surface area contributed by atoms with Crippen LogP contribution < -0.4 is 10.6 Å². The molecule has 1 rings (SSSR count). The number of carboxylic acid groups (broad SMARTS) is 1. The van der Waals surface area contributed by atoms with Crippen LogP contribution in [0.2, 0.25) is 0 Å². The third-order valence-corrected chi connectivity index (χ3v) is 2.48. The lowest BCUT2D eigenvalue weighted by Gasteiger charge is -2.19. The first-order chi connectivity index (χ1) is 8.06. The molecule has 0 spiro atoms. The van der Waals surface area contributed by atoms with E-state index in [1.807, 2.05) is 18.9 Å². The molecular weight excluding hydrogens is 220 g/mol. The van der Waals surface area contributed by atoms with Crippen LogP contribution in [0.1, 0.15) is 17.3 Å². The Balaban J connectivity index is 2.72. The van der Waals surface area contributed by atoms with Crippen LogP contribution in [-0.2, 0) is 4.74 Å². The number of likely N-dealkylation sites (N-methyl/N-ethyl adjacent to an activating group) is 1. The van der Waals surface area contributed by atoms with Gasteiger partial charge in [0.25, 0.3) is 0 Å². The van der Waals surface area contributed by atoms with Gasteiger partial charge in [0, 0.05) is 31.6 Å². The Hall–Kier alpha value is -1.75. The molecule has 0 aliphatic heterocycles. The van der Waals surface area contributed by atoms with Gasteiger partial charge in [-0.15, -0.1) is 0 Å². The number of rotatable bonds is 6. The molecule has 0 heterocycles. The smallest absolute Gasteiger partial charge is 0.337 e. The maximum atomic E-state index is 10.8. The van der Waals surface area contributed by atoms with E-state index in [2.05, 4.69) is 0 Å². The highest BCUT2D eigenvalue weighted by atomic mass is 16.5. The summed E-state index contributed by atoms with van der Waals surface area (Å²) in [6.07, 6.45) is 0. The summed E-state index contributed by atoms with van der Waals surface area (Å²) < 4.78 is 5.25.